The number of oxime groups is 1. The third-order valence-corrected chi connectivity index (χ3v) is 4.18. The van der Waals surface area contributed by atoms with Gasteiger partial charge in [-0.2, -0.15) is 8.42 Å². The average molecular weight is 326 g/mol. The lowest BCUT2D eigenvalue weighted by atomic mass is 10.2. The molecule has 0 radical (unpaired) electrons. The molecule has 0 amide bonds. The fourth-order valence-corrected chi connectivity index (χ4v) is 2.72. The van der Waals surface area contributed by atoms with Crippen molar-refractivity contribution in [2.75, 3.05) is 7.11 Å². The van der Waals surface area contributed by atoms with Crippen LogP contribution in [0.25, 0.3) is 0 Å². The lowest BCUT2D eigenvalue weighted by Crippen LogP contribution is -2.03. The van der Waals surface area contributed by atoms with Gasteiger partial charge in [-0.25, -0.2) is 0 Å². The SMILES string of the molecule is COc1ccc(C=NOS(=O)(=O)c2ccccc2Cl)cc1. The topological polar surface area (TPSA) is 65.0 Å². The molecular formula is C14H12ClNO4S. The minimum absolute atomic E-state index is 0.0807. The predicted octanol–water partition coefficient (Wildman–Crippen LogP) is 3.09. The first-order chi connectivity index (χ1) is 10.0. The Hall–Kier alpha value is -2.05. The van der Waals surface area contributed by atoms with Crippen LogP contribution in [0.4, 0.5) is 0 Å². The van der Waals surface area contributed by atoms with Crippen molar-refractivity contribution in [2.24, 2.45) is 5.16 Å². The normalized spacial score (nSPS) is 11.5. The summed E-state index contributed by atoms with van der Waals surface area (Å²) in [6, 6.07) is 12.9. The lowest BCUT2D eigenvalue weighted by molar-refractivity contribution is 0.341. The van der Waals surface area contributed by atoms with Gasteiger partial charge in [-0.1, -0.05) is 28.9 Å². The maximum absolute atomic E-state index is 11.9. The van der Waals surface area contributed by atoms with Crippen LogP contribution in [0, 0.1) is 0 Å². The second kappa shape index (κ2) is 6.60. The summed E-state index contributed by atoms with van der Waals surface area (Å²) < 4.78 is 33.4. The van der Waals surface area contributed by atoms with E-state index in [0.717, 1.165) is 0 Å². The molecule has 0 fully saturated rings. The number of hydrogen-bond acceptors (Lipinski definition) is 5. The van der Waals surface area contributed by atoms with Crippen LogP contribution in [-0.2, 0) is 14.4 Å². The van der Waals surface area contributed by atoms with Crippen molar-refractivity contribution in [1.82, 2.24) is 0 Å². The van der Waals surface area contributed by atoms with Crippen molar-refractivity contribution < 1.29 is 17.4 Å². The molecule has 0 atom stereocenters. The van der Waals surface area contributed by atoms with E-state index in [1.165, 1.54) is 18.3 Å². The summed E-state index contributed by atoms with van der Waals surface area (Å²) in [5, 5.41) is 3.55. The molecular weight excluding hydrogens is 314 g/mol. The van der Waals surface area contributed by atoms with Gasteiger partial charge in [-0.05, 0) is 42.0 Å². The molecule has 0 saturated carbocycles. The van der Waals surface area contributed by atoms with Crippen LogP contribution in [0.15, 0.2) is 58.6 Å². The highest BCUT2D eigenvalue weighted by Gasteiger charge is 2.18. The number of nitrogens with zero attached hydrogens (tertiary/aromatic N) is 1. The fraction of sp³-hybridized carbons (Fsp3) is 0.0714. The number of benzene rings is 2. The van der Waals surface area contributed by atoms with E-state index in [0.29, 0.717) is 11.3 Å². The van der Waals surface area contributed by atoms with Gasteiger partial charge in [0, 0.05) is 0 Å². The van der Waals surface area contributed by atoms with Crippen molar-refractivity contribution in [3.63, 3.8) is 0 Å². The molecule has 21 heavy (non-hydrogen) atoms. The van der Waals surface area contributed by atoms with E-state index >= 15 is 0 Å². The molecule has 0 aliphatic rings. The standard InChI is InChI=1S/C14H12ClNO4S/c1-19-12-8-6-11(7-9-12)10-16-20-21(17,18)14-5-3-2-4-13(14)15/h2-10H,1H3. The summed E-state index contributed by atoms with van der Waals surface area (Å²) in [7, 11) is -2.47. The first kappa shape index (κ1) is 15.3. The minimum Gasteiger partial charge on any atom is -0.497 e. The average Bonchev–Trinajstić information content (AvgIpc) is 2.48. The predicted molar refractivity (Wildman–Crippen MR) is 80.3 cm³/mol. The third-order valence-electron chi connectivity index (χ3n) is 2.56. The Morgan fingerprint density at radius 3 is 2.38 bits per heavy atom. The zero-order valence-electron chi connectivity index (χ0n) is 11.1. The number of methoxy groups -OCH3 is 1. The maximum Gasteiger partial charge on any atom is 0.359 e. The van der Waals surface area contributed by atoms with Crippen molar-refractivity contribution in [3.8, 4) is 5.75 Å². The zero-order valence-corrected chi connectivity index (χ0v) is 12.6. The summed E-state index contributed by atoms with van der Waals surface area (Å²) in [4.78, 5) is -0.126. The van der Waals surface area contributed by atoms with Crippen LogP contribution >= 0.6 is 11.6 Å². The lowest BCUT2D eigenvalue weighted by Gasteiger charge is -2.03. The number of rotatable bonds is 5. The van der Waals surface area contributed by atoms with Crippen molar-refractivity contribution >= 4 is 27.9 Å². The van der Waals surface area contributed by atoms with Gasteiger partial charge >= 0.3 is 10.1 Å². The molecule has 2 aromatic rings. The highest BCUT2D eigenvalue weighted by Crippen LogP contribution is 2.22. The molecule has 7 heteroatoms. The molecule has 2 rings (SSSR count). The van der Waals surface area contributed by atoms with Gasteiger partial charge in [0.1, 0.15) is 10.6 Å². The molecule has 110 valence electrons. The molecule has 0 aliphatic carbocycles. The summed E-state index contributed by atoms with van der Waals surface area (Å²) in [5.41, 5.74) is 0.671. The highest BCUT2D eigenvalue weighted by molar-refractivity contribution is 7.86. The zero-order chi connectivity index (χ0) is 15.3. The van der Waals surface area contributed by atoms with Gasteiger partial charge in [0.25, 0.3) is 0 Å². The summed E-state index contributed by atoms with van der Waals surface area (Å²) in [6.07, 6.45) is 1.29. The second-order valence-electron chi connectivity index (χ2n) is 3.97. The minimum atomic E-state index is -4.03. The van der Waals surface area contributed by atoms with Gasteiger partial charge in [0.2, 0.25) is 0 Å². The molecule has 0 unspecified atom stereocenters. The third kappa shape index (κ3) is 3.96. The Bertz CT molecular complexity index is 742. The van der Waals surface area contributed by atoms with E-state index in [4.69, 9.17) is 16.3 Å². The number of ether oxygens (including phenoxy) is 1. The van der Waals surface area contributed by atoms with Crippen LogP contribution in [0.2, 0.25) is 5.02 Å². The van der Waals surface area contributed by atoms with E-state index in [1.807, 2.05) is 0 Å². The molecule has 0 aliphatic heterocycles. The first-order valence-corrected chi connectivity index (χ1v) is 7.67. The second-order valence-corrected chi connectivity index (χ2v) is 5.87. The highest BCUT2D eigenvalue weighted by atomic mass is 35.5. The Labute approximate surface area is 127 Å². The smallest absolute Gasteiger partial charge is 0.359 e. The van der Waals surface area contributed by atoms with E-state index in [1.54, 1.807) is 43.5 Å². The monoisotopic (exact) mass is 325 g/mol. The van der Waals surface area contributed by atoms with Crippen LogP contribution < -0.4 is 4.74 Å². The van der Waals surface area contributed by atoms with Gasteiger partial charge in [0.05, 0.1) is 18.3 Å². The molecule has 0 aromatic heterocycles. The van der Waals surface area contributed by atoms with Gasteiger partial charge in [-0.3, -0.25) is 4.28 Å². The summed E-state index contributed by atoms with van der Waals surface area (Å²) in [5.74, 6) is 0.691. The van der Waals surface area contributed by atoms with Crippen LogP contribution in [-0.4, -0.2) is 21.7 Å². The number of hydrogen-bond donors (Lipinski definition) is 0. The molecule has 5 nitrogen and oxygen atoms in total. The first-order valence-electron chi connectivity index (χ1n) is 5.88. The van der Waals surface area contributed by atoms with E-state index in [2.05, 4.69) is 9.44 Å². The Morgan fingerprint density at radius 1 is 1.10 bits per heavy atom. The van der Waals surface area contributed by atoms with Crippen LogP contribution in [0.5, 0.6) is 5.75 Å². The van der Waals surface area contributed by atoms with Crippen LogP contribution in [0.3, 0.4) is 0 Å². The van der Waals surface area contributed by atoms with Crippen LogP contribution in [0.1, 0.15) is 5.56 Å². The Kier molecular flexibility index (Phi) is 4.82. The largest absolute Gasteiger partial charge is 0.497 e. The van der Waals surface area contributed by atoms with Gasteiger partial charge in [0.15, 0.2) is 0 Å². The Balaban J connectivity index is 2.11. The summed E-state index contributed by atoms with van der Waals surface area (Å²) in [6.45, 7) is 0. The van der Waals surface area contributed by atoms with Crippen molar-refractivity contribution in [1.29, 1.82) is 0 Å². The molecule has 0 spiro atoms. The fourth-order valence-electron chi connectivity index (χ4n) is 1.52. The van der Waals surface area contributed by atoms with Crippen molar-refractivity contribution in [3.05, 3.63) is 59.1 Å². The maximum atomic E-state index is 11.9. The molecule has 0 heterocycles. The molecule has 0 bridgehead atoms. The van der Waals surface area contributed by atoms with Crippen molar-refractivity contribution in [2.45, 2.75) is 4.90 Å². The molecule has 0 saturated heterocycles. The number of halogens is 1. The Morgan fingerprint density at radius 2 is 1.76 bits per heavy atom. The quantitative estimate of drug-likeness (QED) is 0.626. The van der Waals surface area contributed by atoms with E-state index in [-0.39, 0.29) is 9.92 Å². The van der Waals surface area contributed by atoms with E-state index in [9.17, 15) is 8.42 Å². The van der Waals surface area contributed by atoms with Gasteiger partial charge in [-0.15, -0.1) is 0 Å². The molecule has 2 aromatic carbocycles. The van der Waals surface area contributed by atoms with Gasteiger partial charge < -0.3 is 4.74 Å². The summed E-state index contributed by atoms with van der Waals surface area (Å²) >= 11 is 5.81. The molecule has 0 N–H and O–H groups in total. The van der Waals surface area contributed by atoms with E-state index < -0.39 is 10.1 Å².